The van der Waals surface area contributed by atoms with E-state index in [1.165, 1.54) is 69.8 Å². The summed E-state index contributed by atoms with van der Waals surface area (Å²) in [6, 6.07) is 31.2. The van der Waals surface area contributed by atoms with Crippen molar-refractivity contribution in [2.75, 3.05) is 0 Å². The second-order valence-electron chi connectivity index (χ2n) is 8.05. The first-order valence-corrected chi connectivity index (χ1v) is 10.9. The van der Waals surface area contributed by atoms with E-state index in [4.69, 9.17) is 0 Å². The predicted molar refractivity (Wildman–Crippen MR) is 127 cm³/mol. The summed E-state index contributed by atoms with van der Waals surface area (Å²) in [5.74, 6) is 0. The number of hydrogen-bond donors (Lipinski definition) is 0. The van der Waals surface area contributed by atoms with Crippen molar-refractivity contribution in [1.29, 1.82) is 0 Å². The molecule has 0 saturated carbocycles. The minimum atomic E-state index is 1.13. The van der Waals surface area contributed by atoms with Crippen LogP contribution in [0.1, 0.15) is 43.7 Å². The van der Waals surface area contributed by atoms with E-state index in [0.29, 0.717) is 0 Å². The lowest BCUT2D eigenvalue weighted by Crippen LogP contribution is -1.96. The number of hydrogen-bond acceptors (Lipinski definition) is 0. The fraction of sp³-hybridized carbons (Fsp3) is 0.241. The summed E-state index contributed by atoms with van der Waals surface area (Å²) in [6.45, 7) is 4.46. The van der Waals surface area contributed by atoms with Gasteiger partial charge in [0.05, 0.1) is 0 Å². The molecule has 0 amide bonds. The van der Waals surface area contributed by atoms with E-state index >= 15 is 0 Å². The van der Waals surface area contributed by atoms with Crippen LogP contribution in [0.4, 0.5) is 0 Å². The highest BCUT2D eigenvalue weighted by atomic mass is 14.2. The Kier molecular flexibility index (Phi) is 6.10. The van der Waals surface area contributed by atoms with E-state index in [1.54, 1.807) is 0 Å². The Balaban J connectivity index is 1.94. The van der Waals surface area contributed by atoms with Crippen molar-refractivity contribution in [3.8, 4) is 22.3 Å². The molecule has 4 aromatic rings. The summed E-state index contributed by atoms with van der Waals surface area (Å²) in [7, 11) is 0. The largest absolute Gasteiger partial charge is 0.0654 e. The molecule has 0 nitrogen and oxygen atoms in total. The molecule has 0 spiro atoms. The van der Waals surface area contributed by atoms with Crippen LogP contribution in [-0.2, 0) is 6.42 Å². The lowest BCUT2D eigenvalue weighted by atomic mass is 9.86. The van der Waals surface area contributed by atoms with Crippen LogP contribution in [0.25, 0.3) is 33.0 Å². The third-order valence-electron chi connectivity index (χ3n) is 5.82. The van der Waals surface area contributed by atoms with Crippen LogP contribution in [-0.4, -0.2) is 0 Å². The van der Waals surface area contributed by atoms with Gasteiger partial charge in [0.2, 0.25) is 0 Å². The van der Waals surface area contributed by atoms with Crippen molar-refractivity contribution >= 4 is 10.8 Å². The summed E-state index contributed by atoms with van der Waals surface area (Å²) in [5, 5.41) is 2.71. The van der Waals surface area contributed by atoms with Gasteiger partial charge in [-0.1, -0.05) is 111 Å². The van der Waals surface area contributed by atoms with Crippen LogP contribution < -0.4 is 0 Å². The average molecular weight is 379 g/mol. The fourth-order valence-corrected chi connectivity index (χ4v) is 4.37. The molecule has 0 radical (unpaired) electrons. The Labute approximate surface area is 175 Å². The van der Waals surface area contributed by atoms with Crippen molar-refractivity contribution < 1.29 is 0 Å². The van der Waals surface area contributed by atoms with Gasteiger partial charge < -0.3 is 0 Å². The lowest BCUT2D eigenvalue weighted by Gasteiger charge is -2.18. The first-order valence-electron chi connectivity index (χ1n) is 10.9. The average Bonchev–Trinajstić information content (AvgIpc) is 2.76. The smallest absolute Gasteiger partial charge is 0.00728 e. The zero-order valence-corrected chi connectivity index (χ0v) is 17.6. The highest BCUT2D eigenvalue weighted by Gasteiger charge is 2.15. The minimum Gasteiger partial charge on any atom is -0.0654 e. The van der Waals surface area contributed by atoms with E-state index in [1.807, 2.05) is 0 Å². The van der Waals surface area contributed by atoms with Gasteiger partial charge >= 0.3 is 0 Å². The second kappa shape index (κ2) is 9.09. The van der Waals surface area contributed by atoms with Crippen molar-refractivity contribution in [2.24, 2.45) is 0 Å². The Morgan fingerprint density at radius 2 is 1.34 bits per heavy atom. The molecule has 0 aromatic heterocycles. The van der Waals surface area contributed by atoms with Crippen molar-refractivity contribution in [2.45, 2.75) is 46.0 Å². The SMILES string of the molecule is CCCCCCc1cc(-c2ccccc2)c2ccccc2c1-c1cccc(C)c1. The monoisotopic (exact) mass is 378 g/mol. The summed E-state index contributed by atoms with van der Waals surface area (Å²) in [6.07, 6.45) is 6.28. The van der Waals surface area contributed by atoms with Gasteiger partial charge in [-0.25, -0.2) is 0 Å². The van der Waals surface area contributed by atoms with E-state index in [9.17, 15) is 0 Å². The van der Waals surface area contributed by atoms with Gasteiger partial charge in [-0.2, -0.15) is 0 Å². The Morgan fingerprint density at radius 1 is 0.621 bits per heavy atom. The standard InChI is InChI=1S/C29H30/c1-3-4-5-7-16-25-21-28(23-14-8-6-9-15-23)26-18-10-11-19-27(26)29(25)24-17-12-13-22(2)20-24/h6,8-15,17-21H,3-5,7,16H2,1-2H3. The third kappa shape index (κ3) is 4.27. The first-order chi connectivity index (χ1) is 14.3. The molecule has 4 aromatic carbocycles. The highest BCUT2D eigenvalue weighted by molar-refractivity contribution is 6.06. The van der Waals surface area contributed by atoms with E-state index in [2.05, 4.69) is 98.8 Å². The molecule has 0 bridgehead atoms. The Morgan fingerprint density at radius 3 is 2.10 bits per heavy atom. The zero-order valence-electron chi connectivity index (χ0n) is 17.6. The van der Waals surface area contributed by atoms with Crippen LogP contribution in [0.15, 0.2) is 84.9 Å². The number of fused-ring (bicyclic) bond motifs is 1. The van der Waals surface area contributed by atoms with Gasteiger partial charge in [0.1, 0.15) is 0 Å². The summed E-state index contributed by atoms with van der Waals surface area (Å²) in [5.41, 5.74) is 8.20. The van der Waals surface area contributed by atoms with E-state index in [0.717, 1.165) is 6.42 Å². The second-order valence-corrected chi connectivity index (χ2v) is 8.05. The molecule has 0 aliphatic carbocycles. The number of rotatable bonds is 7. The van der Waals surface area contributed by atoms with Crippen LogP contribution in [0.2, 0.25) is 0 Å². The molecule has 0 saturated heterocycles. The molecule has 0 unspecified atom stereocenters. The molecule has 0 heteroatoms. The van der Waals surface area contributed by atoms with Crippen LogP contribution in [0.5, 0.6) is 0 Å². The zero-order chi connectivity index (χ0) is 20.1. The first kappa shape index (κ1) is 19.5. The van der Waals surface area contributed by atoms with Gasteiger partial charge in [0.25, 0.3) is 0 Å². The normalized spacial score (nSPS) is 11.1. The Hall–Kier alpha value is -2.86. The van der Waals surface area contributed by atoms with Crippen molar-refractivity contribution in [1.82, 2.24) is 0 Å². The van der Waals surface area contributed by atoms with Gasteiger partial charge in [0, 0.05) is 0 Å². The maximum Gasteiger partial charge on any atom is -0.00728 e. The highest BCUT2D eigenvalue weighted by Crippen LogP contribution is 2.39. The maximum absolute atomic E-state index is 2.46. The molecule has 4 rings (SSSR count). The minimum absolute atomic E-state index is 1.13. The van der Waals surface area contributed by atoms with Crippen molar-refractivity contribution in [3.05, 3.63) is 96.1 Å². The molecule has 0 aliphatic rings. The molecule has 0 fully saturated rings. The number of aryl methyl sites for hydroxylation is 2. The van der Waals surface area contributed by atoms with E-state index in [-0.39, 0.29) is 0 Å². The van der Waals surface area contributed by atoms with Crippen LogP contribution >= 0.6 is 0 Å². The van der Waals surface area contributed by atoms with Crippen LogP contribution in [0.3, 0.4) is 0 Å². The van der Waals surface area contributed by atoms with Gasteiger partial charge in [0.15, 0.2) is 0 Å². The molecular weight excluding hydrogens is 348 g/mol. The van der Waals surface area contributed by atoms with E-state index < -0.39 is 0 Å². The molecule has 0 N–H and O–H groups in total. The summed E-state index contributed by atoms with van der Waals surface area (Å²) < 4.78 is 0. The van der Waals surface area contributed by atoms with Gasteiger partial charge in [-0.15, -0.1) is 0 Å². The predicted octanol–water partition coefficient (Wildman–Crippen LogP) is 8.61. The molecular formula is C29H30. The van der Waals surface area contributed by atoms with Crippen molar-refractivity contribution in [3.63, 3.8) is 0 Å². The van der Waals surface area contributed by atoms with Gasteiger partial charge in [-0.3, -0.25) is 0 Å². The molecule has 146 valence electrons. The molecule has 0 aliphatic heterocycles. The lowest BCUT2D eigenvalue weighted by molar-refractivity contribution is 0.667. The molecule has 29 heavy (non-hydrogen) atoms. The topological polar surface area (TPSA) is 0 Å². The quantitative estimate of drug-likeness (QED) is 0.282. The molecule has 0 heterocycles. The molecule has 0 atom stereocenters. The van der Waals surface area contributed by atoms with Gasteiger partial charge in [-0.05, 0) is 64.4 Å². The summed E-state index contributed by atoms with van der Waals surface area (Å²) in [4.78, 5) is 0. The third-order valence-corrected chi connectivity index (χ3v) is 5.82. The van der Waals surface area contributed by atoms with Crippen LogP contribution in [0, 0.1) is 6.92 Å². The number of benzene rings is 4. The summed E-state index contributed by atoms with van der Waals surface area (Å²) >= 11 is 0. The maximum atomic E-state index is 2.46. The number of unbranched alkanes of at least 4 members (excludes halogenated alkanes) is 3. The Bertz CT molecular complexity index is 1090. The fourth-order valence-electron chi connectivity index (χ4n) is 4.37.